The molecule has 0 N–H and O–H groups in total. The molecule has 0 aliphatic heterocycles. The van der Waals surface area contributed by atoms with Crippen molar-refractivity contribution in [2.24, 2.45) is 0 Å². The summed E-state index contributed by atoms with van der Waals surface area (Å²) in [5.74, 6) is 0. The van der Waals surface area contributed by atoms with Gasteiger partial charge in [0, 0.05) is 34.0 Å². The molecule has 2 aliphatic carbocycles. The maximum Gasteiger partial charge on any atom is 0.0734 e. The van der Waals surface area contributed by atoms with Crippen LogP contribution in [0.15, 0.2) is 315 Å². The Morgan fingerprint density at radius 1 is 0.211 bits per heavy atom. The van der Waals surface area contributed by atoms with Gasteiger partial charge in [-0.3, -0.25) is 0 Å². The molecule has 358 valence electrons. The van der Waals surface area contributed by atoms with E-state index in [-0.39, 0.29) is 0 Å². The fraction of sp³-hybridized carbons (Fsp3) is 0.0270. The Hall–Kier alpha value is -9.76. The van der Waals surface area contributed by atoms with Crippen molar-refractivity contribution in [1.29, 1.82) is 0 Å². The van der Waals surface area contributed by atoms with E-state index in [1.807, 2.05) is 0 Å². The first kappa shape index (κ1) is 44.9. The molecule has 0 spiro atoms. The number of nitrogens with zero attached hydrogens (tertiary/aromatic N) is 2. The normalized spacial score (nSPS) is 13.2. The maximum absolute atomic E-state index is 2.50. The number of anilines is 6. The van der Waals surface area contributed by atoms with E-state index in [2.05, 4.69) is 325 Å². The molecule has 0 saturated carbocycles. The number of fused-ring (bicyclic) bond motifs is 6. The first-order chi connectivity index (χ1) is 37.7. The summed E-state index contributed by atoms with van der Waals surface area (Å²) >= 11 is 0. The van der Waals surface area contributed by atoms with Gasteiger partial charge in [-0.2, -0.15) is 0 Å². The van der Waals surface area contributed by atoms with Gasteiger partial charge in [0.15, 0.2) is 0 Å². The second-order valence-electron chi connectivity index (χ2n) is 19.9. The van der Waals surface area contributed by atoms with E-state index in [0.29, 0.717) is 0 Å². The van der Waals surface area contributed by atoms with Gasteiger partial charge in [-0.1, -0.05) is 255 Å². The molecular formula is C74H52N2. The van der Waals surface area contributed by atoms with Crippen LogP contribution >= 0.6 is 0 Å². The molecule has 0 atom stereocenters. The van der Waals surface area contributed by atoms with Gasteiger partial charge in [-0.25, -0.2) is 0 Å². The summed E-state index contributed by atoms with van der Waals surface area (Å²) in [7, 11) is 0. The number of benzene rings is 12. The van der Waals surface area contributed by atoms with Gasteiger partial charge in [0.25, 0.3) is 0 Å². The van der Waals surface area contributed by atoms with Crippen LogP contribution in [0.3, 0.4) is 0 Å². The Balaban J connectivity index is 0.999. The van der Waals surface area contributed by atoms with Crippen LogP contribution in [0.5, 0.6) is 0 Å². The fourth-order valence-corrected chi connectivity index (χ4v) is 12.9. The van der Waals surface area contributed by atoms with Gasteiger partial charge < -0.3 is 9.80 Å². The van der Waals surface area contributed by atoms with Gasteiger partial charge in [-0.15, -0.1) is 0 Å². The van der Waals surface area contributed by atoms with Gasteiger partial charge in [-0.05, 0) is 133 Å². The smallest absolute Gasteiger partial charge is 0.0734 e. The molecule has 0 radical (unpaired) electrons. The Morgan fingerprint density at radius 3 is 1.13 bits per heavy atom. The highest BCUT2D eigenvalue weighted by Crippen LogP contribution is 2.61. The molecular weight excluding hydrogens is 917 g/mol. The van der Waals surface area contributed by atoms with Crippen LogP contribution in [-0.2, 0) is 10.8 Å². The van der Waals surface area contributed by atoms with E-state index < -0.39 is 10.8 Å². The van der Waals surface area contributed by atoms with Crippen LogP contribution in [0.4, 0.5) is 34.1 Å². The lowest BCUT2D eigenvalue weighted by Gasteiger charge is -2.38. The van der Waals surface area contributed by atoms with Crippen molar-refractivity contribution in [1.82, 2.24) is 0 Å². The van der Waals surface area contributed by atoms with Gasteiger partial charge in [0.2, 0.25) is 0 Å². The van der Waals surface area contributed by atoms with E-state index in [9.17, 15) is 0 Å². The predicted molar refractivity (Wildman–Crippen MR) is 316 cm³/mol. The summed E-state index contributed by atoms with van der Waals surface area (Å²) in [5.41, 5.74) is 22.6. The highest BCUT2D eigenvalue weighted by molar-refractivity contribution is 5.95. The van der Waals surface area contributed by atoms with Gasteiger partial charge in [0.1, 0.15) is 0 Å². The average Bonchev–Trinajstić information content (AvgIpc) is 4.18. The van der Waals surface area contributed by atoms with Crippen LogP contribution in [0.2, 0.25) is 0 Å². The third-order valence-electron chi connectivity index (χ3n) is 16.0. The molecule has 0 bridgehead atoms. The number of hydrogen-bond donors (Lipinski definition) is 0. The SMILES string of the molecule is c1ccc(-c2ccc(N(c3cccc(N(c4ccccc4)c4cccc(C5(c6ccccc6)c6ccccc6-c6ccccc65)c4)c3)c3cccc4c3C(c3ccccc3)(c3ccccc3)c3ccccc3-4)cc2)cc1. The van der Waals surface area contributed by atoms with Crippen molar-refractivity contribution in [2.45, 2.75) is 10.8 Å². The van der Waals surface area contributed by atoms with Crippen LogP contribution in [0.1, 0.15) is 44.5 Å². The molecule has 0 unspecified atom stereocenters. The van der Waals surface area contributed by atoms with Crippen LogP contribution in [-0.4, -0.2) is 0 Å². The Morgan fingerprint density at radius 2 is 0.566 bits per heavy atom. The predicted octanol–water partition coefficient (Wildman–Crippen LogP) is 19.0. The molecule has 2 heteroatoms. The van der Waals surface area contributed by atoms with E-state index in [1.54, 1.807) is 0 Å². The second kappa shape index (κ2) is 18.6. The molecule has 0 aromatic heterocycles. The molecule has 2 nitrogen and oxygen atoms in total. The first-order valence-corrected chi connectivity index (χ1v) is 26.3. The summed E-state index contributed by atoms with van der Waals surface area (Å²) < 4.78 is 0. The van der Waals surface area contributed by atoms with Crippen molar-refractivity contribution in [2.75, 3.05) is 9.80 Å². The number of para-hydroxylation sites is 1. The van der Waals surface area contributed by atoms with E-state index >= 15 is 0 Å². The standard InChI is InChI=1S/C74H52N2/c1-6-25-53(26-7-1)54-47-49-60(50-48-54)76(71-46-24-42-67-66-41-18-21-45-70(66)74(72(67)71,56-29-10-3-11-30-56)57-31-12-4-13-32-57)63-38-23-37-62(52-63)75(59-34-14-5-15-35-59)61-36-22-33-58(51-61)73(55-27-8-2-9-28-55)68-43-19-16-39-64(68)65-40-17-20-44-69(65)73/h1-52H. The van der Waals surface area contributed by atoms with E-state index in [4.69, 9.17) is 0 Å². The van der Waals surface area contributed by atoms with Gasteiger partial charge >= 0.3 is 0 Å². The largest absolute Gasteiger partial charge is 0.310 e. The average molecular weight is 969 g/mol. The number of rotatable bonds is 11. The van der Waals surface area contributed by atoms with Crippen LogP contribution in [0, 0.1) is 0 Å². The lowest BCUT2D eigenvalue weighted by atomic mass is 9.67. The zero-order valence-corrected chi connectivity index (χ0v) is 41.9. The molecule has 2 aliphatic rings. The first-order valence-electron chi connectivity index (χ1n) is 26.3. The molecule has 12 aromatic rings. The van der Waals surface area contributed by atoms with Crippen molar-refractivity contribution in [3.63, 3.8) is 0 Å². The Kier molecular flexibility index (Phi) is 11.0. The third kappa shape index (κ3) is 7.02. The van der Waals surface area contributed by atoms with Gasteiger partial charge in [0.05, 0.1) is 16.5 Å². The minimum Gasteiger partial charge on any atom is -0.310 e. The molecule has 0 saturated heterocycles. The molecule has 14 rings (SSSR count). The molecule has 0 amide bonds. The lowest BCUT2D eigenvalue weighted by Crippen LogP contribution is -2.30. The zero-order chi connectivity index (χ0) is 50.5. The van der Waals surface area contributed by atoms with E-state index in [1.165, 1.54) is 77.9 Å². The summed E-state index contributed by atoms with van der Waals surface area (Å²) in [5, 5.41) is 0. The lowest BCUT2D eigenvalue weighted by molar-refractivity contribution is 0.768. The zero-order valence-electron chi connectivity index (χ0n) is 41.9. The fourth-order valence-electron chi connectivity index (χ4n) is 12.9. The van der Waals surface area contributed by atoms with Crippen molar-refractivity contribution in [3.05, 3.63) is 360 Å². The minimum absolute atomic E-state index is 0.549. The molecule has 76 heavy (non-hydrogen) atoms. The summed E-state index contributed by atoms with van der Waals surface area (Å²) in [6.45, 7) is 0. The topological polar surface area (TPSA) is 6.48 Å². The Labute approximate surface area is 445 Å². The highest BCUT2D eigenvalue weighted by Gasteiger charge is 2.49. The van der Waals surface area contributed by atoms with Crippen LogP contribution in [0.25, 0.3) is 33.4 Å². The van der Waals surface area contributed by atoms with Crippen molar-refractivity contribution >= 4 is 34.1 Å². The maximum atomic E-state index is 2.50. The van der Waals surface area contributed by atoms with Crippen LogP contribution < -0.4 is 9.80 Å². The summed E-state index contributed by atoms with van der Waals surface area (Å²) in [4.78, 5) is 4.93. The summed E-state index contributed by atoms with van der Waals surface area (Å²) in [6, 6.07) is 116. The van der Waals surface area contributed by atoms with Crippen molar-refractivity contribution in [3.8, 4) is 33.4 Å². The second-order valence-corrected chi connectivity index (χ2v) is 19.9. The molecule has 0 heterocycles. The third-order valence-corrected chi connectivity index (χ3v) is 16.0. The minimum atomic E-state index is -0.631. The molecule has 12 aromatic carbocycles. The summed E-state index contributed by atoms with van der Waals surface area (Å²) in [6.07, 6.45) is 0. The molecule has 0 fully saturated rings. The highest BCUT2D eigenvalue weighted by atomic mass is 15.2. The monoisotopic (exact) mass is 968 g/mol. The van der Waals surface area contributed by atoms with Crippen molar-refractivity contribution < 1.29 is 0 Å². The van der Waals surface area contributed by atoms with E-state index in [0.717, 1.165) is 34.1 Å². The quantitative estimate of drug-likeness (QED) is 0.127. The Bertz CT molecular complexity index is 3950. The number of hydrogen-bond acceptors (Lipinski definition) is 2.